The zero-order valence-electron chi connectivity index (χ0n) is 26.2. The van der Waals surface area contributed by atoms with Crippen molar-refractivity contribution in [3.05, 3.63) is 72.4 Å². The van der Waals surface area contributed by atoms with Gasteiger partial charge in [-0.2, -0.15) is 13.2 Å². The zero-order valence-corrected chi connectivity index (χ0v) is 26.2. The van der Waals surface area contributed by atoms with Gasteiger partial charge < -0.3 is 35.1 Å². The molecule has 5 rings (SSSR count). The summed E-state index contributed by atoms with van der Waals surface area (Å²) < 4.78 is 59.1. The molecule has 2 heterocycles. The monoisotopic (exact) mass is 651 g/mol. The fourth-order valence-corrected chi connectivity index (χ4v) is 5.44. The Balaban J connectivity index is 1.23. The van der Waals surface area contributed by atoms with Gasteiger partial charge in [-0.05, 0) is 61.2 Å². The van der Waals surface area contributed by atoms with Gasteiger partial charge in [0, 0.05) is 60.6 Å². The average Bonchev–Trinajstić information content (AvgIpc) is 3.06. The lowest BCUT2D eigenvalue weighted by atomic mass is 9.95. The van der Waals surface area contributed by atoms with Crippen LogP contribution in [0.5, 0.6) is 23.0 Å². The summed E-state index contributed by atoms with van der Waals surface area (Å²) >= 11 is 0. The van der Waals surface area contributed by atoms with Gasteiger partial charge in [-0.3, -0.25) is 9.78 Å². The molecule has 0 atom stereocenters. The number of methoxy groups -OCH3 is 2. The van der Waals surface area contributed by atoms with Gasteiger partial charge in [0.25, 0.3) is 0 Å². The number of hydrogen-bond acceptors (Lipinski definition) is 7. The van der Waals surface area contributed by atoms with Crippen molar-refractivity contribution in [3.63, 3.8) is 0 Å². The average molecular weight is 652 g/mol. The minimum Gasteiger partial charge on any atom is -0.493 e. The van der Waals surface area contributed by atoms with Crippen LogP contribution in [0.3, 0.4) is 0 Å². The number of pyridine rings is 1. The van der Waals surface area contributed by atoms with E-state index in [9.17, 15) is 22.8 Å². The molecule has 1 saturated heterocycles. The lowest BCUT2D eigenvalue weighted by Crippen LogP contribution is -2.39. The molecule has 3 amide bonds. The fraction of sp³-hybridized carbons (Fsp3) is 0.324. The molecule has 248 valence electrons. The van der Waals surface area contributed by atoms with Crippen LogP contribution in [0.25, 0.3) is 10.9 Å². The molecular formula is C34H36F3N5O5. The van der Waals surface area contributed by atoms with Crippen molar-refractivity contribution in [3.8, 4) is 23.0 Å². The first kappa shape index (κ1) is 33.2. The number of hydrogen-bond donors (Lipinski definition) is 3. The van der Waals surface area contributed by atoms with Crippen molar-refractivity contribution in [1.29, 1.82) is 0 Å². The molecule has 1 aromatic heterocycles. The van der Waals surface area contributed by atoms with Crippen LogP contribution in [0.2, 0.25) is 0 Å². The Kier molecular flexibility index (Phi) is 10.2. The number of carbonyl (C=O) groups is 2. The van der Waals surface area contributed by atoms with Crippen molar-refractivity contribution in [2.75, 3.05) is 49.4 Å². The van der Waals surface area contributed by atoms with E-state index in [2.05, 4.69) is 20.9 Å². The first-order chi connectivity index (χ1) is 22.6. The molecule has 1 fully saturated rings. The summed E-state index contributed by atoms with van der Waals surface area (Å²) in [5.41, 5.74) is 0.277. The molecule has 4 aromatic rings. The van der Waals surface area contributed by atoms with Gasteiger partial charge in [-0.25, -0.2) is 4.79 Å². The molecule has 0 unspecified atom stereocenters. The number of halogens is 3. The van der Waals surface area contributed by atoms with Crippen LogP contribution in [0.15, 0.2) is 66.9 Å². The predicted octanol–water partition coefficient (Wildman–Crippen LogP) is 7.45. The Labute approximate surface area is 270 Å². The molecule has 0 spiro atoms. The number of alkyl halides is 3. The number of aromatic nitrogens is 1. The Morgan fingerprint density at radius 2 is 1.62 bits per heavy atom. The molecule has 13 heteroatoms. The van der Waals surface area contributed by atoms with Crippen LogP contribution >= 0.6 is 0 Å². The van der Waals surface area contributed by atoms with E-state index in [1.807, 2.05) is 0 Å². The number of amides is 3. The molecule has 0 radical (unpaired) electrons. The standard InChI is InChI=1S/C34H36F3N5O5/c1-4-32(43)39-19-21-10-12-42(13-11-21)29-9-8-24(17-27(29)34(35,36)37)41-33(44)40-23-6-5-7-25(16-23)47-26-14-22-15-30(45-2)31(46-3)18-28(22)38-20-26/h5-9,14-18,20-21H,4,10-13,19H2,1-3H3,(H,39,43)(H2,40,41,44). The van der Waals surface area contributed by atoms with Crippen LogP contribution in [0.1, 0.15) is 31.7 Å². The van der Waals surface area contributed by atoms with E-state index in [-0.39, 0.29) is 23.2 Å². The van der Waals surface area contributed by atoms with Gasteiger partial charge in [0.2, 0.25) is 5.91 Å². The summed E-state index contributed by atoms with van der Waals surface area (Å²) in [5, 5.41) is 8.77. The van der Waals surface area contributed by atoms with E-state index in [1.165, 1.54) is 12.1 Å². The van der Waals surface area contributed by atoms with Gasteiger partial charge >= 0.3 is 12.2 Å². The maximum Gasteiger partial charge on any atom is 0.418 e. The lowest BCUT2D eigenvalue weighted by Gasteiger charge is -2.35. The number of carbonyl (C=O) groups excluding carboxylic acids is 2. The second kappa shape index (κ2) is 14.5. The number of rotatable bonds is 10. The molecule has 1 aliphatic rings. The number of nitrogens with zero attached hydrogens (tertiary/aromatic N) is 2. The Morgan fingerprint density at radius 1 is 0.915 bits per heavy atom. The van der Waals surface area contributed by atoms with Crippen LogP contribution in [0, 0.1) is 5.92 Å². The van der Waals surface area contributed by atoms with Gasteiger partial charge in [-0.15, -0.1) is 0 Å². The Morgan fingerprint density at radius 3 is 2.30 bits per heavy atom. The van der Waals surface area contributed by atoms with Crippen LogP contribution in [0.4, 0.5) is 35.0 Å². The maximum atomic E-state index is 14.1. The normalized spacial score (nSPS) is 13.6. The molecule has 0 saturated carbocycles. The van der Waals surface area contributed by atoms with E-state index < -0.39 is 17.8 Å². The lowest BCUT2D eigenvalue weighted by molar-refractivity contribution is -0.137. The second-order valence-corrected chi connectivity index (χ2v) is 11.1. The van der Waals surface area contributed by atoms with Crippen molar-refractivity contribution >= 4 is 39.9 Å². The Hall–Kier alpha value is -5.20. The van der Waals surface area contributed by atoms with E-state index >= 15 is 0 Å². The number of fused-ring (bicyclic) bond motifs is 1. The molecular weight excluding hydrogens is 615 g/mol. The minimum atomic E-state index is -4.63. The topological polar surface area (TPSA) is 114 Å². The second-order valence-electron chi connectivity index (χ2n) is 11.1. The fourth-order valence-electron chi connectivity index (χ4n) is 5.44. The number of benzene rings is 3. The van der Waals surface area contributed by atoms with Crippen molar-refractivity contribution in [1.82, 2.24) is 10.3 Å². The van der Waals surface area contributed by atoms with Gasteiger partial charge in [-0.1, -0.05) is 13.0 Å². The van der Waals surface area contributed by atoms with E-state index in [1.54, 1.807) is 74.7 Å². The Bertz CT molecular complexity index is 1740. The van der Waals surface area contributed by atoms with Gasteiger partial charge in [0.05, 0.1) is 31.5 Å². The predicted molar refractivity (Wildman–Crippen MR) is 174 cm³/mol. The highest BCUT2D eigenvalue weighted by Gasteiger charge is 2.36. The van der Waals surface area contributed by atoms with E-state index in [0.717, 1.165) is 11.5 Å². The first-order valence-electron chi connectivity index (χ1n) is 15.2. The number of piperidine rings is 1. The summed E-state index contributed by atoms with van der Waals surface area (Å²) in [6.07, 6.45) is -1.36. The molecule has 1 aliphatic heterocycles. The third-order valence-electron chi connectivity index (χ3n) is 7.91. The number of nitrogens with one attached hydrogen (secondary N) is 3. The van der Waals surface area contributed by atoms with Crippen molar-refractivity contribution in [2.45, 2.75) is 32.4 Å². The molecule has 3 aromatic carbocycles. The third-order valence-corrected chi connectivity index (χ3v) is 7.91. The van der Waals surface area contributed by atoms with Crippen LogP contribution in [-0.4, -0.2) is 50.8 Å². The van der Waals surface area contributed by atoms with Gasteiger partial charge in [0.15, 0.2) is 11.5 Å². The van der Waals surface area contributed by atoms with Crippen LogP contribution < -0.4 is 35.1 Å². The summed E-state index contributed by atoms with van der Waals surface area (Å²) in [4.78, 5) is 30.5. The summed E-state index contributed by atoms with van der Waals surface area (Å²) in [7, 11) is 3.09. The highest BCUT2D eigenvalue weighted by molar-refractivity contribution is 6.00. The quantitative estimate of drug-likeness (QED) is 0.163. The smallest absolute Gasteiger partial charge is 0.418 e. The van der Waals surface area contributed by atoms with Gasteiger partial charge in [0.1, 0.15) is 11.5 Å². The molecule has 0 aliphatic carbocycles. The van der Waals surface area contributed by atoms with Crippen molar-refractivity contribution in [2.24, 2.45) is 5.92 Å². The third kappa shape index (κ3) is 8.34. The number of urea groups is 1. The van der Waals surface area contributed by atoms with Crippen LogP contribution in [-0.2, 0) is 11.0 Å². The summed E-state index contributed by atoms with van der Waals surface area (Å²) in [5.74, 6) is 2.12. The number of ether oxygens (including phenoxy) is 3. The van der Waals surface area contributed by atoms with Crippen molar-refractivity contribution < 1.29 is 37.0 Å². The maximum absolute atomic E-state index is 14.1. The summed E-state index contributed by atoms with van der Waals surface area (Å²) in [6, 6.07) is 15.0. The highest BCUT2D eigenvalue weighted by Crippen LogP contribution is 2.40. The van der Waals surface area contributed by atoms with E-state index in [4.69, 9.17) is 14.2 Å². The minimum absolute atomic E-state index is 0.00237. The highest BCUT2D eigenvalue weighted by atomic mass is 19.4. The molecule has 47 heavy (non-hydrogen) atoms. The molecule has 3 N–H and O–H groups in total. The SMILES string of the molecule is CCC(=O)NCC1CCN(c2ccc(NC(=O)Nc3cccc(Oc4cnc5cc(OC)c(OC)cc5c4)c3)cc2C(F)(F)F)CC1. The zero-order chi connectivity index (χ0) is 33.6. The number of anilines is 3. The summed E-state index contributed by atoms with van der Waals surface area (Å²) in [6.45, 7) is 3.15. The molecule has 10 nitrogen and oxygen atoms in total. The largest absolute Gasteiger partial charge is 0.493 e. The first-order valence-corrected chi connectivity index (χ1v) is 15.2. The molecule has 0 bridgehead atoms. The van der Waals surface area contributed by atoms with E-state index in [0.29, 0.717) is 73.1 Å².